The first-order valence-corrected chi connectivity index (χ1v) is 6.39. The molecule has 3 heteroatoms. The predicted molar refractivity (Wildman–Crippen MR) is 72.9 cm³/mol. The lowest BCUT2D eigenvalue weighted by Gasteiger charge is -2.21. The van der Waals surface area contributed by atoms with Gasteiger partial charge in [0.25, 0.3) is 0 Å². The minimum Gasteiger partial charge on any atom is -0.396 e. The molecule has 1 unspecified atom stereocenters. The fourth-order valence-corrected chi connectivity index (χ4v) is 1.82. The molecule has 98 valence electrons. The van der Waals surface area contributed by atoms with E-state index in [0.29, 0.717) is 6.42 Å². The average Bonchev–Trinajstić information content (AvgIpc) is 2.39. The topological polar surface area (TPSA) is 56.0 Å². The molecule has 0 aromatic heterocycles. The zero-order valence-corrected chi connectivity index (χ0v) is 11.2. The number of benzene rings is 1. The van der Waals surface area contributed by atoms with Crippen LogP contribution in [-0.4, -0.2) is 18.3 Å². The van der Waals surface area contributed by atoms with Gasteiger partial charge in [0.2, 0.25) is 0 Å². The Labute approximate surface area is 109 Å². The van der Waals surface area contributed by atoms with Crippen molar-refractivity contribution < 1.29 is 5.11 Å². The number of aliphatic hydroxyl groups excluding tert-OH is 1. The first-order chi connectivity index (χ1) is 8.59. The third-order valence-corrected chi connectivity index (χ3v) is 3.06. The Kier molecular flexibility index (Phi) is 5.84. The lowest BCUT2D eigenvalue weighted by molar-refractivity contribution is 0.263. The van der Waals surface area contributed by atoms with Gasteiger partial charge < -0.3 is 10.4 Å². The van der Waals surface area contributed by atoms with E-state index in [1.807, 2.05) is 32.0 Å². The summed E-state index contributed by atoms with van der Waals surface area (Å²) in [6.07, 6.45) is 1.50. The molecule has 0 saturated carbocycles. The van der Waals surface area contributed by atoms with E-state index < -0.39 is 0 Å². The molecule has 0 bridgehead atoms. The summed E-state index contributed by atoms with van der Waals surface area (Å²) in [5, 5.41) is 21.5. The van der Waals surface area contributed by atoms with Gasteiger partial charge in [-0.15, -0.1) is 0 Å². The van der Waals surface area contributed by atoms with Crippen LogP contribution in [0.2, 0.25) is 0 Å². The Bertz CT molecular complexity index is 381. The number of hydrogen-bond donors (Lipinski definition) is 2. The summed E-state index contributed by atoms with van der Waals surface area (Å²) in [5.41, 5.74) is 0.884. The van der Waals surface area contributed by atoms with E-state index in [9.17, 15) is 0 Å². The van der Waals surface area contributed by atoms with E-state index in [4.69, 9.17) is 10.4 Å². The van der Waals surface area contributed by atoms with E-state index >= 15 is 0 Å². The maximum absolute atomic E-state index is 9.11. The summed E-state index contributed by atoms with van der Waals surface area (Å²) in [5.74, 6) is 0. The zero-order chi connectivity index (χ0) is 13.4. The van der Waals surface area contributed by atoms with E-state index in [1.54, 1.807) is 0 Å². The first kappa shape index (κ1) is 14.7. The van der Waals surface area contributed by atoms with Gasteiger partial charge in [-0.2, -0.15) is 5.26 Å². The molecule has 0 aliphatic heterocycles. The number of rotatable bonds is 7. The number of nitrogens with zero attached hydrogens (tertiary/aromatic N) is 1. The monoisotopic (exact) mass is 246 g/mol. The number of hydrogen-bond acceptors (Lipinski definition) is 3. The van der Waals surface area contributed by atoms with Gasteiger partial charge in [-0.05, 0) is 38.8 Å². The molecule has 2 N–H and O–H groups in total. The van der Waals surface area contributed by atoms with Crippen molar-refractivity contribution in [3.05, 3.63) is 35.9 Å². The largest absolute Gasteiger partial charge is 0.396 e. The van der Waals surface area contributed by atoms with Crippen molar-refractivity contribution in [3.63, 3.8) is 0 Å². The van der Waals surface area contributed by atoms with Crippen LogP contribution in [-0.2, 0) is 0 Å². The average molecular weight is 246 g/mol. The molecule has 0 fully saturated rings. The SMILES string of the molecule is CC(C)(C#N)CCNC(CCO)c1ccccc1. The van der Waals surface area contributed by atoms with Crippen molar-refractivity contribution in [3.8, 4) is 6.07 Å². The van der Waals surface area contributed by atoms with Gasteiger partial charge in [-0.3, -0.25) is 0 Å². The van der Waals surface area contributed by atoms with E-state index in [0.717, 1.165) is 13.0 Å². The van der Waals surface area contributed by atoms with E-state index in [2.05, 4.69) is 23.5 Å². The van der Waals surface area contributed by atoms with Crippen molar-refractivity contribution in [2.75, 3.05) is 13.2 Å². The van der Waals surface area contributed by atoms with Crippen LogP contribution in [0, 0.1) is 16.7 Å². The highest BCUT2D eigenvalue weighted by atomic mass is 16.3. The normalized spacial score (nSPS) is 13.0. The molecule has 1 atom stereocenters. The smallest absolute Gasteiger partial charge is 0.0684 e. The summed E-state index contributed by atoms with van der Waals surface area (Å²) in [6, 6.07) is 12.6. The summed E-state index contributed by atoms with van der Waals surface area (Å²) in [7, 11) is 0. The van der Waals surface area contributed by atoms with Crippen molar-refractivity contribution in [2.24, 2.45) is 5.41 Å². The summed E-state index contributed by atoms with van der Waals surface area (Å²) >= 11 is 0. The molecule has 0 aliphatic carbocycles. The Morgan fingerprint density at radius 3 is 2.56 bits per heavy atom. The van der Waals surface area contributed by atoms with Crippen LogP contribution in [0.3, 0.4) is 0 Å². The molecule has 18 heavy (non-hydrogen) atoms. The maximum atomic E-state index is 9.11. The van der Waals surface area contributed by atoms with Crippen LogP contribution >= 0.6 is 0 Å². The van der Waals surface area contributed by atoms with Gasteiger partial charge in [0.1, 0.15) is 0 Å². The molecule has 0 amide bonds. The van der Waals surface area contributed by atoms with Gasteiger partial charge in [-0.25, -0.2) is 0 Å². The Balaban J connectivity index is 2.53. The molecule has 0 aliphatic rings. The molecular weight excluding hydrogens is 224 g/mol. The Morgan fingerprint density at radius 1 is 1.33 bits per heavy atom. The van der Waals surface area contributed by atoms with Crippen LogP contribution in [0.4, 0.5) is 0 Å². The predicted octanol–water partition coefficient (Wildman–Crippen LogP) is 2.64. The van der Waals surface area contributed by atoms with Crippen LogP contribution in [0.1, 0.15) is 38.3 Å². The fourth-order valence-electron chi connectivity index (χ4n) is 1.82. The van der Waals surface area contributed by atoms with E-state index in [1.165, 1.54) is 5.56 Å². The quantitative estimate of drug-likeness (QED) is 0.777. The van der Waals surface area contributed by atoms with Crippen molar-refractivity contribution in [2.45, 2.75) is 32.7 Å². The second-order valence-electron chi connectivity index (χ2n) is 5.18. The molecule has 1 aromatic rings. The molecule has 1 aromatic carbocycles. The van der Waals surface area contributed by atoms with E-state index in [-0.39, 0.29) is 18.1 Å². The molecule has 0 heterocycles. The lowest BCUT2D eigenvalue weighted by Crippen LogP contribution is -2.26. The standard InChI is InChI=1S/C15H22N2O/c1-15(2,12-16)9-10-17-14(8-11-18)13-6-4-3-5-7-13/h3-7,14,17-18H,8-11H2,1-2H3. The molecule has 0 saturated heterocycles. The highest BCUT2D eigenvalue weighted by molar-refractivity contribution is 5.18. The van der Waals surface area contributed by atoms with Crippen molar-refractivity contribution in [1.82, 2.24) is 5.32 Å². The maximum Gasteiger partial charge on any atom is 0.0684 e. The summed E-state index contributed by atoms with van der Waals surface area (Å²) in [4.78, 5) is 0. The Hall–Kier alpha value is -1.37. The molecule has 0 spiro atoms. The molecule has 3 nitrogen and oxygen atoms in total. The Morgan fingerprint density at radius 2 is 2.00 bits per heavy atom. The van der Waals surface area contributed by atoms with Gasteiger partial charge >= 0.3 is 0 Å². The van der Waals surface area contributed by atoms with Crippen molar-refractivity contribution in [1.29, 1.82) is 5.26 Å². The van der Waals surface area contributed by atoms with Crippen molar-refractivity contribution >= 4 is 0 Å². The van der Waals surface area contributed by atoms with Gasteiger partial charge in [-0.1, -0.05) is 30.3 Å². The molecular formula is C15H22N2O. The second-order valence-corrected chi connectivity index (χ2v) is 5.18. The highest BCUT2D eigenvalue weighted by Crippen LogP contribution is 2.20. The second kappa shape index (κ2) is 7.15. The van der Waals surface area contributed by atoms with Gasteiger partial charge in [0.15, 0.2) is 0 Å². The third kappa shape index (κ3) is 4.87. The fraction of sp³-hybridized carbons (Fsp3) is 0.533. The molecule has 0 radical (unpaired) electrons. The van der Waals surface area contributed by atoms with Crippen LogP contribution in [0.25, 0.3) is 0 Å². The van der Waals surface area contributed by atoms with Crippen LogP contribution in [0.5, 0.6) is 0 Å². The minimum absolute atomic E-state index is 0.158. The van der Waals surface area contributed by atoms with Gasteiger partial charge in [0.05, 0.1) is 11.5 Å². The molecule has 1 rings (SSSR count). The number of nitrogens with one attached hydrogen (secondary N) is 1. The van der Waals surface area contributed by atoms with Gasteiger partial charge in [0, 0.05) is 12.6 Å². The first-order valence-electron chi connectivity index (χ1n) is 6.39. The third-order valence-electron chi connectivity index (χ3n) is 3.06. The van der Waals surface area contributed by atoms with Crippen LogP contribution in [0.15, 0.2) is 30.3 Å². The van der Waals surface area contributed by atoms with Crippen LogP contribution < -0.4 is 5.32 Å². The lowest BCUT2D eigenvalue weighted by atomic mass is 9.91. The summed E-state index contributed by atoms with van der Waals surface area (Å²) in [6.45, 7) is 4.82. The number of aliphatic hydroxyl groups is 1. The minimum atomic E-state index is -0.298. The number of nitriles is 1. The zero-order valence-electron chi connectivity index (χ0n) is 11.2. The summed E-state index contributed by atoms with van der Waals surface area (Å²) < 4.78 is 0. The highest BCUT2D eigenvalue weighted by Gasteiger charge is 2.17.